The van der Waals surface area contributed by atoms with E-state index in [9.17, 15) is 19.1 Å². The number of rotatable bonds is 12. The van der Waals surface area contributed by atoms with E-state index in [0.29, 0.717) is 40.9 Å². The van der Waals surface area contributed by atoms with Crippen molar-refractivity contribution in [3.8, 4) is 11.3 Å². The Labute approximate surface area is 251 Å². The number of halogens is 1. The minimum Gasteiger partial charge on any atom is -0.480 e. The Morgan fingerprint density at radius 3 is 2.65 bits per heavy atom. The molecular formula is C33H38FN5O4. The molecule has 3 aromatic rings. The minimum atomic E-state index is -1.05. The SMILES string of the molecule is C=C(/C=C\C=C/C)[C@@H]1CN(CCOC)C[C@H]1NC(=O)Nc1c(-c2ccccc2)nc(N(C)CC(=O)O)c2cc(F)ccc12. The van der Waals surface area contributed by atoms with Gasteiger partial charge in [-0.2, -0.15) is 0 Å². The summed E-state index contributed by atoms with van der Waals surface area (Å²) in [5.41, 5.74) is 2.44. The van der Waals surface area contributed by atoms with Crippen LogP contribution < -0.4 is 15.5 Å². The van der Waals surface area contributed by atoms with Gasteiger partial charge in [0.2, 0.25) is 0 Å². The van der Waals surface area contributed by atoms with Crippen LogP contribution in [0.2, 0.25) is 0 Å². The highest BCUT2D eigenvalue weighted by atomic mass is 19.1. The lowest BCUT2D eigenvalue weighted by Gasteiger charge is -2.24. The number of likely N-dealkylation sites (N-methyl/N-ethyl adjacent to an activating group) is 1. The summed E-state index contributed by atoms with van der Waals surface area (Å²) in [4.78, 5) is 33.6. The summed E-state index contributed by atoms with van der Waals surface area (Å²) in [6.07, 6.45) is 7.76. The molecule has 10 heteroatoms. The van der Waals surface area contributed by atoms with Crippen molar-refractivity contribution < 1.29 is 23.8 Å². The second kappa shape index (κ2) is 14.6. The number of pyridine rings is 1. The van der Waals surface area contributed by atoms with Gasteiger partial charge in [-0.25, -0.2) is 14.2 Å². The van der Waals surface area contributed by atoms with E-state index in [1.807, 2.05) is 61.6 Å². The number of carboxylic acid groups (broad SMARTS) is 1. The van der Waals surface area contributed by atoms with Crippen LogP contribution in [0.1, 0.15) is 6.92 Å². The molecule has 1 saturated heterocycles. The second-order valence-electron chi connectivity index (χ2n) is 10.5. The Bertz CT molecular complexity index is 1520. The maximum Gasteiger partial charge on any atom is 0.323 e. The van der Waals surface area contributed by atoms with Crippen molar-refractivity contribution in [2.75, 3.05) is 57.2 Å². The number of ether oxygens (including phenoxy) is 1. The molecular weight excluding hydrogens is 549 g/mol. The van der Waals surface area contributed by atoms with Crippen LogP contribution in [-0.4, -0.2) is 80.0 Å². The molecule has 0 saturated carbocycles. The molecule has 9 nitrogen and oxygen atoms in total. The van der Waals surface area contributed by atoms with E-state index in [-0.39, 0.29) is 24.3 Å². The molecule has 2 atom stereocenters. The molecule has 2 heterocycles. The molecule has 0 bridgehead atoms. The molecule has 2 aromatic carbocycles. The third kappa shape index (κ3) is 7.85. The molecule has 3 N–H and O–H groups in total. The lowest BCUT2D eigenvalue weighted by atomic mass is 9.95. The highest BCUT2D eigenvalue weighted by Crippen LogP contribution is 2.38. The van der Waals surface area contributed by atoms with Gasteiger partial charge >= 0.3 is 12.0 Å². The van der Waals surface area contributed by atoms with Gasteiger partial charge in [-0.15, -0.1) is 0 Å². The van der Waals surface area contributed by atoms with E-state index < -0.39 is 17.8 Å². The summed E-state index contributed by atoms with van der Waals surface area (Å²) in [7, 11) is 3.25. The number of aromatic nitrogens is 1. The van der Waals surface area contributed by atoms with E-state index in [2.05, 4.69) is 22.1 Å². The van der Waals surface area contributed by atoms with Gasteiger partial charge in [0.1, 0.15) is 18.2 Å². The number of carbonyl (C=O) groups is 2. The van der Waals surface area contributed by atoms with Crippen LogP contribution in [0.3, 0.4) is 0 Å². The molecule has 43 heavy (non-hydrogen) atoms. The summed E-state index contributed by atoms with van der Waals surface area (Å²) in [5.74, 6) is -1.29. The van der Waals surface area contributed by atoms with Crippen molar-refractivity contribution in [2.45, 2.75) is 13.0 Å². The van der Waals surface area contributed by atoms with Gasteiger partial charge in [-0.3, -0.25) is 9.69 Å². The number of hydrogen-bond acceptors (Lipinski definition) is 6. The molecule has 2 amide bonds. The van der Waals surface area contributed by atoms with Crippen LogP contribution in [0.5, 0.6) is 0 Å². The van der Waals surface area contributed by atoms with Crippen molar-refractivity contribution in [1.82, 2.24) is 15.2 Å². The summed E-state index contributed by atoms with van der Waals surface area (Å²) in [5, 5.41) is 16.5. The van der Waals surface area contributed by atoms with Crippen LogP contribution in [0.15, 0.2) is 85.0 Å². The van der Waals surface area contributed by atoms with Crippen molar-refractivity contribution in [3.63, 3.8) is 0 Å². The number of urea groups is 1. The Kier molecular flexibility index (Phi) is 10.6. The number of carboxylic acids is 1. The minimum absolute atomic E-state index is 0.0197. The standard InChI is InChI=1S/C33H38FN5O4/c1-5-6-8-11-22(2)27-19-39(16-17-43-4)20-28(27)35-33(42)37-31-25-15-14-24(34)18-26(25)32(38(3)21-29(40)41)36-30(31)23-12-9-7-10-13-23/h5-15,18,27-28H,2,16-17,19-21H2,1,3-4H3,(H,40,41)(H2,35,37,42)/b6-5-,11-8-/t27-,28+/m0/s1. The van der Waals surface area contributed by atoms with Gasteiger partial charge < -0.3 is 25.4 Å². The maximum atomic E-state index is 14.5. The van der Waals surface area contributed by atoms with E-state index in [1.165, 1.54) is 17.0 Å². The molecule has 0 aliphatic carbocycles. The third-order valence-electron chi connectivity index (χ3n) is 7.38. The Morgan fingerprint density at radius 1 is 1.19 bits per heavy atom. The predicted molar refractivity (Wildman–Crippen MR) is 169 cm³/mol. The number of likely N-dealkylation sites (tertiary alicyclic amines) is 1. The number of methoxy groups -OCH3 is 1. The van der Waals surface area contributed by atoms with Crippen LogP contribution in [0.25, 0.3) is 22.0 Å². The third-order valence-corrected chi connectivity index (χ3v) is 7.38. The fourth-order valence-electron chi connectivity index (χ4n) is 5.31. The number of amides is 2. The zero-order valence-electron chi connectivity index (χ0n) is 24.7. The predicted octanol–water partition coefficient (Wildman–Crippen LogP) is 5.32. The van der Waals surface area contributed by atoms with Crippen molar-refractivity contribution in [2.24, 2.45) is 5.92 Å². The topological polar surface area (TPSA) is 107 Å². The second-order valence-corrected chi connectivity index (χ2v) is 10.5. The number of aliphatic carboxylic acids is 1. The molecule has 0 spiro atoms. The maximum absolute atomic E-state index is 14.5. The van der Waals surface area contributed by atoms with Gasteiger partial charge in [-0.05, 0) is 30.7 Å². The van der Waals surface area contributed by atoms with Crippen LogP contribution in [0, 0.1) is 11.7 Å². The van der Waals surface area contributed by atoms with Crippen molar-refractivity contribution >= 4 is 34.3 Å². The largest absolute Gasteiger partial charge is 0.480 e. The summed E-state index contributed by atoms with van der Waals surface area (Å²) in [6.45, 7) is 8.51. The van der Waals surface area contributed by atoms with Crippen LogP contribution >= 0.6 is 0 Å². The number of nitrogens with zero attached hydrogens (tertiary/aromatic N) is 3. The normalized spacial score (nSPS) is 17.1. The number of nitrogens with one attached hydrogen (secondary N) is 2. The van der Waals surface area contributed by atoms with E-state index in [4.69, 9.17) is 9.72 Å². The van der Waals surface area contributed by atoms with E-state index >= 15 is 0 Å². The number of anilines is 2. The average Bonchev–Trinajstić information content (AvgIpc) is 3.38. The fourth-order valence-corrected chi connectivity index (χ4v) is 5.31. The lowest BCUT2D eigenvalue weighted by Crippen LogP contribution is -2.43. The number of fused-ring (bicyclic) bond motifs is 1. The molecule has 0 unspecified atom stereocenters. The molecule has 1 aliphatic rings. The average molecular weight is 588 g/mol. The van der Waals surface area contributed by atoms with Crippen molar-refractivity contribution in [1.29, 1.82) is 0 Å². The first-order chi connectivity index (χ1) is 20.7. The summed E-state index contributed by atoms with van der Waals surface area (Å²) >= 11 is 0. The zero-order valence-corrected chi connectivity index (χ0v) is 24.7. The van der Waals surface area contributed by atoms with Gasteiger partial charge in [0.15, 0.2) is 0 Å². The number of benzene rings is 2. The Morgan fingerprint density at radius 2 is 1.95 bits per heavy atom. The molecule has 226 valence electrons. The molecule has 1 aromatic heterocycles. The van der Waals surface area contributed by atoms with Gasteiger partial charge in [0.05, 0.1) is 24.0 Å². The quantitative estimate of drug-likeness (QED) is 0.246. The Hall–Kier alpha value is -4.54. The fraction of sp³-hybridized carbons (Fsp3) is 0.303. The summed E-state index contributed by atoms with van der Waals surface area (Å²) in [6, 6.07) is 12.8. The Balaban J connectivity index is 1.71. The highest BCUT2D eigenvalue weighted by molar-refractivity contribution is 6.10. The monoisotopic (exact) mass is 587 g/mol. The molecule has 1 fully saturated rings. The number of allylic oxidation sites excluding steroid dienone is 4. The smallest absolute Gasteiger partial charge is 0.323 e. The first-order valence-electron chi connectivity index (χ1n) is 14.1. The zero-order chi connectivity index (χ0) is 30.9. The first-order valence-corrected chi connectivity index (χ1v) is 14.1. The van der Waals surface area contributed by atoms with Gasteiger partial charge in [0, 0.05) is 56.0 Å². The first kappa shape index (κ1) is 31.4. The molecule has 4 rings (SSSR count). The lowest BCUT2D eigenvalue weighted by molar-refractivity contribution is -0.135. The number of hydrogen-bond donors (Lipinski definition) is 3. The van der Waals surface area contributed by atoms with Crippen LogP contribution in [0.4, 0.5) is 20.7 Å². The van der Waals surface area contributed by atoms with E-state index in [0.717, 1.165) is 18.7 Å². The van der Waals surface area contributed by atoms with Crippen molar-refractivity contribution in [3.05, 3.63) is 90.8 Å². The van der Waals surface area contributed by atoms with Gasteiger partial charge in [-0.1, -0.05) is 61.2 Å². The molecule has 1 aliphatic heterocycles. The van der Waals surface area contributed by atoms with Gasteiger partial charge in [0.25, 0.3) is 0 Å². The van der Waals surface area contributed by atoms with Crippen LogP contribution in [-0.2, 0) is 9.53 Å². The molecule has 0 radical (unpaired) electrons. The number of carbonyl (C=O) groups excluding carboxylic acids is 1. The van der Waals surface area contributed by atoms with E-state index in [1.54, 1.807) is 20.2 Å². The summed E-state index contributed by atoms with van der Waals surface area (Å²) < 4.78 is 19.8. The highest BCUT2D eigenvalue weighted by Gasteiger charge is 2.35.